The zero-order valence-electron chi connectivity index (χ0n) is 9.74. The van der Waals surface area contributed by atoms with Gasteiger partial charge >= 0.3 is 5.97 Å². The molecule has 0 radical (unpaired) electrons. The first-order valence-corrected chi connectivity index (χ1v) is 6.65. The predicted molar refractivity (Wildman–Crippen MR) is 69.9 cm³/mol. The molecule has 0 bridgehead atoms. The Labute approximate surface area is 109 Å². The second kappa shape index (κ2) is 4.78. The third-order valence-corrected chi connectivity index (χ3v) is 3.73. The fourth-order valence-corrected chi connectivity index (χ4v) is 2.46. The van der Waals surface area contributed by atoms with E-state index in [2.05, 4.69) is 21.2 Å². The Hall–Kier alpha value is -0.870. The van der Waals surface area contributed by atoms with Gasteiger partial charge in [-0.3, -0.25) is 5.32 Å². The minimum atomic E-state index is -0.953. The van der Waals surface area contributed by atoms with Crippen LogP contribution in [0.4, 0.5) is 0 Å². The van der Waals surface area contributed by atoms with Crippen molar-refractivity contribution in [1.82, 2.24) is 5.32 Å². The molecule has 4 heteroatoms. The molecule has 2 rings (SSSR count). The lowest BCUT2D eigenvalue weighted by Crippen LogP contribution is -2.49. The summed E-state index contributed by atoms with van der Waals surface area (Å²) in [6.45, 7) is 1.91. The topological polar surface area (TPSA) is 49.3 Å². The molecule has 0 saturated heterocycles. The molecule has 92 valence electrons. The van der Waals surface area contributed by atoms with E-state index in [9.17, 15) is 9.90 Å². The highest BCUT2D eigenvalue weighted by atomic mass is 79.9. The summed E-state index contributed by atoms with van der Waals surface area (Å²) in [6.07, 6.45) is 2.68. The lowest BCUT2D eigenvalue weighted by molar-refractivity contribution is -0.145. The molecule has 17 heavy (non-hydrogen) atoms. The quantitative estimate of drug-likeness (QED) is 0.879. The van der Waals surface area contributed by atoms with Crippen LogP contribution in [0.2, 0.25) is 0 Å². The first-order valence-electron chi connectivity index (χ1n) is 5.85. The molecule has 0 spiro atoms. The van der Waals surface area contributed by atoms with Crippen LogP contribution in [0.25, 0.3) is 0 Å². The van der Waals surface area contributed by atoms with Gasteiger partial charge in [0.2, 0.25) is 0 Å². The number of aliphatic carboxylic acids is 1. The number of carbonyl (C=O) groups is 1. The zero-order valence-corrected chi connectivity index (χ0v) is 11.3. The molecule has 1 aliphatic carbocycles. The molecule has 1 fully saturated rings. The highest BCUT2D eigenvalue weighted by Gasteiger charge is 2.42. The number of carboxylic acid groups (broad SMARTS) is 1. The number of rotatable bonds is 5. The number of hydrogen-bond acceptors (Lipinski definition) is 2. The molecule has 2 N–H and O–H groups in total. The van der Waals surface area contributed by atoms with Gasteiger partial charge in [0.15, 0.2) is 0 Å². The summed E-state index contributed by atoms with van der Waals surface area (Å²) in [5, 5.41) is 12.8. The van der Waals surface area contributed by atoms with Crippen molar-refractivity contribution in [2.24, 2.45) is 0 Å². The van der Waals surface area contributed by atoms with Crippen LogP contribution in [-0.2, 0) is 10.3 Å². The van der Waals surface area contributed by atoms with Crippen molar-refractivity contribution < 1.29 is 9.90 Å². The average molecular weight is 298 g/mol. The van der Waals surface area contributed by atoms with Gasteiger partial charge < -0.3 is 5.11 Å². The van der Waals surface area contributed by atoms with Crippen molar-refractivity contribution in [1.29, 1.82) is 0 Å². The molecule has 1 aliphatic rings. The predicted octanol–water partition coefficient (Wildman–Crippen LogP) is 2.89. The van der Waals surface area contributed by atoms with E-state index in [-0.39, 0.29) is 0 Å². The fourth-order valence-electron chi connectivity index (χ4n) is 2.06. The van der Waals surface area contributed by atoms with Gasteiger partial charge in [-0.25, -0.2) is 4.79 Å². The van der Waals surface area contributed by atoms with Crippen molar-refractivity contribution >= 4 is 21.9 Å². The van der Waals surface area contributed by atoms with Crippen LogP contribution in [0, 0.1) is 0 Å². The Balaban J connectivity index is 2.39. The van der Waals surface area contributed by atoms with Gasteiger partial charge in [0.25, 0.3) is 0 Å². The lowest BCUT2D eigenvalue weighted by Gasteiger charge is -2.30. The average Bonchev–Trinajstić information content (AvgIpc) is 3.09. The van der Waals surface area contributed by atoms with Gasteiger partial charge in [0.05, 0.1) is 0 Å². The van der Waals surface area contributed by atoms with Crippen molar-refractivity contribution in [3.05, 3.63) is 34.3 Å². The highest BCUT2D eigenvalue weighted by molar-refractivity contribution is 9.10. The van der Waals surface area contributed by atoms with Gasteiger partial charge in [0, 0.05) is 10.5 Å². The lowest BCUT2D eigenvalue weighted by atomic mass is 9.87. The van der Waals surface area contributed by atoms with E-state index >= 15 is 0 Å². The largest absolute Gasteiger partial charge is 0.480 e. The van der Waals surface area contributed by atoms with E-state index in [1.165, 1.54) is 0 Å². The molecule has 1 aromatic carbocycles. The Morgan fingerprint density at radius 2 is 2.29 bits per heavy atom. The van der Waals surface area contributed by atoms with Crippen LogP contribution in [0.5, 0.6) is 0 Å². The minimum Gasteiger partial charge on any atom is -0.480 e. The van der Waals surface area contributed by atoms with Crippen LogP contribution in [-0.4, -0.2) is 17.1 Å². The summed E-state index contributed by atoms with van der Waals surface area (Å²) in [5.41, 5.74) is -0.140. The molecule has 0 aliphatic heterocycles. The van der Waals surface area contributed by atoms with Gasteiger partial charge in [-0.05, 0) is 37.0 Å². The maximum atomic E-state index is 11.6. The molecule has 1 atom stereocenters. The second-order valence-corrected chi connectivity index (χ2v) is 5.41. The maximum Gasteiger partial charge on any atom is 0.328 e. The van der Waals surface area contributed by atoms with E-state index in [1.54, 1.807) is 0 Å². The summed E-state index contributed by atoms with van der Waals surface area (Å²) in [6, 6.07) is 7.89. The summed E-state index contributed by atoms with van der Waals surface area (Å²) in [4.78, 5) is 11.6. The Bertz CT molecular complexity index is 431. The van der Waals surface area contributed by atoms with E-state index in [1.807, 2.05) is 31.2 Å². The second-order valence-electron chi connectivity index (χ2n) is 4.49. The van der Waals surface area contributed by atoms with Gasteiger partial charge in [-0.15, -0.1) is 0 Å². The van der Waals surface area contributed by atoms with Gasteiger partial charge in [-0.2, -0.15) is 0 Å². The summed E-state index contributed by atoms with van der Waals surface area (Å²) < 4.78 is 0.909. The summed E-state index contributed by atoms with van der Waals surface area (Å²) >= 11 is 3.39. The zero-order chi connectivity index (χ0) is 12.5. The standard InChI is InChI=1S/C13H16BrNO2/c1-2-13(12(16)17,15-11-6-7-11)9-4-3-5-10(14)8-9/h3-5,8,11,15H,2,6-7H2,1H3,(H,16,17). The molecular weight excluding hydrogens is 282 g/mol. The normalized spacial score (nSPS) is 18.7. The van der Waals surface area contributed by atoms with E-state index < -0.39 is 11.5 Å². The number of benzene rings is 1. The van der Waals surface area contributed by atoms with Crippen LogP contribution >= 0.6 is 15.9 Å². The molecule has 0 heterocycles. The number of nitrogens with one attached hydrogen (secondary N) is 1. The molecule has 1 aromatic rings. The first-order chi connectivity index (χ1) is 8.08. The van der Waals surface area contributed by atoms with E-state index in [0.29, 0.717) is 12.5 Å². The molecule has 0 aromatic heterocycles. The third-order valence-electron chi connectivity index (χ3n) is 3.24. The van der Waals surface area contributed by atoms with E-state index in [4.69, 9.17) is 0 Å². The van der Waals surface area contributed by atoms with Crippen molar-refractivity contribution in [2.45, 2.75) is 37.8 Å². The van der Waals surface area contributed by atoms with Gasteiger partial charge in [-0.1, -0.05) is 35.0 Å². The number of carboxylic acids is 1. The molecular formula is C13H16BrNO2. The van der Waals surface area contributed by atoms with Crippen molar-refractivity contribution in [3.63, 3.8) is 0 Å². The van der Waals surface area contributed by atoms with Crippen molar-refractivity contribution in [2.75, 3.05) is 0 Å². The number of hydrogen-bond donors (Lipinski definition) is 2. The molecule has 1 saturated carbocycles. The Kier molecular flexibility index (Phi) is 3.54. The highest BCUT2D eigenvalue weighted by Crippen LogP contribution is 2.32. The molecule has 3 nitrogen and oxygen atoms in total. The van der Waals surface area contributed by atoms with Crippen LogP contribution < -0.4 is 5.32 Å². The maximum absolute atomic E-state index is 11.6. The van der Waals surface area contributed by atoms with Crippen LogP contribution in [0.15, 0.2) is 28.7 Å². The minimum absolute atomic E-state index is 0.352. The van der Waals surface area contributed by atoms with Gasteiger partial charge in [0.1, 0.15) is 5.54 Å². The van der Waals surface area contributed by atoms with E-state index in [0.717, 1.165) is 22.9 Å². The summed E-state index contributed by atoms with van der Waals surface area (Å²) in [7, 11) is 0. The van der Waals surface area contributed by atoms with Crippen LogP contribution in [0.1, 0.15) is 31.7 Å². The van der Waals surface area contributed by atoms with Crippen LogP contribution in [0.3, 0.4) is 0 Å². The smallest absolute Gasteiger partial charge is 0.328 e. The SMILES string of the molecule is CCC(NC1CC1)(C(=O)O)c1cccc(Br)c1. The Morgan fingerprint density at radius 1 is 1.59 bits per heavy atom. The number of halogens is 1. The molecule has 0 amide bonds. The fraction of sp³-hybridized carbons (Fsp3) is 0.462. The first kappa shape index (κ1) is 12.6. The molecule has 1 unspecified atom stereocenters. The third kappa shape index (κ3) is 2.53. The monoisotopic (exact) mass is 297 g/mol. The Morgan fingerprint density at radius 3 is 2.76 bits per heavy atom. The summed E-state index contributed by atoms with van der Waals surface area (Å²) in [5.74, 6) is -0.801. The van der Waals surface area contributed by atoms with Crippen molar-refractivity contribution in [3.8, 4) is 0 Å².